The molecule has 0 bridgehead atoms. The van der Waals surface area contributed by atoms with E-state index in [1.165, 1.54) is 11.3 Å². The molecule has 0 spiro atoms. The van der Waals surface area contributed by atoms with Gasteiger partial charge in [0.1, 0.15) is 11.6 Å². The molecule has 8 heteroatoms. The van der Waals surface area contributed by atoms with Gasteiger partial charge < -0.3 is 19.2 Å². The van der Waals surface area contributed by atoms with E-state index in [9.17, 15) is 4.79 Å². The lowest BCUT2D eigenvalue weighted by molar-refractivity contribution is 0.0795. The zero-order chi connectivity index (χ0) is 17.1. The predicted octanol–water partition coefficient (Wildman–Crippen LogP) is 1.87. The molecule has 3 heterocycles. The van der Waals surface area contributed by atoms with Crippen molar-refractivity contribution in [1.29, 1.82) is 0 Å². The van der Waals surface area contributed by atoms with Crippen molar-refractivity contribution in [3.05, 3.63) is 29.5 Å². The van der Waals surface area contributed by atoms with Gasteiger partial charge in [0.15, 0.2) is 10.9 Å². The summed E-state index contributed by atoms with van der Waals surface area (Å²) in [6.45, 7) is 2.05. The maximum absolute atomic E-state index is 11.9. The number of amides is 1. The van der Waals surface area contributed by atoms with Crippen LogP contribution in [-0.4, -0.2) is 52.8 Å². The van der Waals surface area contributed by atoms with Crippen LogP contribution in [-0.2, 0) is 12.8 Å². The van der Waals surface area contributed by atoms with Gasteiger partial charge >= 0.3 is 0 Å². The minimum atomic E-state index is -0.128. The highest BCUT2D eigenvalue weighted by molar-refractivity contribution is 7.98. The molecule has 1 aliphatic rings. The Bertz CT molecular complexity index is 703. The molecule has 1 aliphatic heterocycles. The van der Waals surface area contributed by atoms with Crippen molar-refractivity contribution in [3.63, 3.8) is 0 Å². The third kappa shape index (κ3) is 3.64. The first kappa shape index (κ1) is 17.0. The Morgan fingerprint density at radius 1 is 1.46 bits per heavy atom. The van der Waals surface area contributed by atoms with Crippen LogP contribution in [0.25, 0.3) is 0 Å². The van der Waals surface area contributed by atoms with Gasteiger partial charge in [-0.15, -0.1) is 10.2 Å². The van der Waals surface area contributed by atoms with Gasteiger partial charge in [0, 0.05) is 33.6 Å². The van der Waals surface area contributed by atoms with Crippen molar-refractivity contribution in [2.45, 2.75) is 29.7 Å². The number of hydrogen-bond acceptors (Lipinski definition) is 6. The molecule has 1 atom stereocenters. The van der Waals surface area contributed by atoms with Crippen LogP contribution in [0.15, 0.2) is 21.7 Å². The summed E-state index contributed by atoms with van der Waals surface area (Å²) in [5, 5.41) is 13.0. The van der Waals surface area contributed by atoms with E-state index in [0.29, 0.717) is 17.4 Å². The van der Waals surface area contributed by atoms with Crippen LogP contribution in [0.2, 0.25) is 0 Å². The highest BCUT2D eigenvalue weighted by Crippen LogP contribution is 2.27. The fourth-order valence-corrected chi connectivity index (χ4v) is 3.62. The Labute approximate surface area is 145 Å². The number of carbonyl (C=O) groups excluding carboxylic acids is 1. The van der Waals surface area contributed by atoms with Crippen LogP contribution in [0.5, 0.6) is 0 Å². The fraction of sp³-hybridized carbons (Fsp3) is 0.562. The number of nitrogens with zero attached hydrogens (tertiary/aromatic N) is 4. The Balaban J connectivity index is 1.63. The molecule has 1 saturated heterocycles. The number of nitrogens with one attached hydrogen (secondary N) is 1. The molecule has 0 saturated carbocycles. The quantitative estimate of drug-likeness (QED) is 0.831. The van der Waals surface area contributed by atoms with E-state index in [1.807, 2.05) is 13.1 Å². The topological polar surface area (TPSA) is 76.2 Å². The zero-order valence-corrected chi connectivity index (χ0v) is 15.1. The standard InChI is InChI=1S/C16H23N5O2S/c1-20(2)15(22)13-7-6-12(23-13)10-24-16-19-18-14(21(16)3)11-5-4-8-17-9-11/h6-7,11,17H,4-5,8-10H2,1-3H3/t11-/m1/s1. The maximum atomic E-state index is 11.9. The number of hydrogen-bond donors (Lipinski definition) is 1. The van der Waals surface area contributed by atoms with E-state index in [0.717, 1.165) is 36.3 Å². The summed E-state index contributed by atoms with van der Waals surface area (Å²) < 4.78 is 7.68. The largest absolute Gasteiger partial charge is 0.455 e. The van der Waals surface area contributed by atoms with Crippen molar-refractivity contribution in [2.24, 2.45) is 7.05 Å². The second-order valence-electron chi connectivity index (χ2n) is 6.20. The summed E-state index contributed by atoms with van der Waals surface area (Å²) in [6, 6.07) is 3.56. The van der Waals surface area contributed by atoms with Crippen molar-refractivity contribution in [3.8, 4) is 0 Å². The molecular weight excluding hydrogens is 326 g/mol. The number of furan rings is 1. The lowest BCUT2D eigenvalue weighted by Crippen LogP contribution is -2.29. The van der Waals surface area contributed by atoms with Crippen molar-refractivity contribution in [1.82, 2.24) is 25.0 Å². The van der Waals surface area contributed by atoms with Crippen LogP contribution < -0.4 is 5.32 Å². The van der Waals surface area contributed by atoms with E-state index in [1.54, 1.807) is 31.9 Å². The first-order chi connectivity index (χ1) is 11.6. The number of rotatable bonds is 5. The van der Waals surface area contributed by atoms with Gasteiger partial charge in [-0.05, 0) is 31.5 Å². The Morgan fingerprint density at radius 3 is 3.00 bits per heavy atom. The fourth-order valence-electron chi connectivity index (χ4n) is 2.81. The molecule has 24 heavy (non-hydrogen) atoms. The zero-order valence-electron chi connectivity index (χ0n) is 14.3. The van der Waals surface area contributed by atoms with Crippen LogP contribution in [0.1, 0.15) is 40.9 Å². The maximum Gasteiger partial charge on any atom is 0.289 e. The number of aromatic nitrogens is 3. The summed E-state index contributed by atoms with van der Waals surface area (Å²) in [5.74, 6) is 3.08. The van der Waals surface area contributed by atoms with Gasteiger partial charge in [-0.2, -0.15) is 0 Å². The average Bonchev–Trinajstić information content (AvgIpc) is 3.20. The number of piperidine rings is 1. The third-order valence-corrected chi connectivity index (χ3v) is 5.20. The predicted molar refractivity (Wildman–Crippen MR) is 92.1 cm³/mol. The molecule has 1 fully saturated rings. The van der Waals surface area contributed by atoms with Gasteiger partial charge in [-0.25, -0.2) is 0 Å². The molecule has 3 rings (SSSR count). The van der Waals surface area contributed by atoms with Crippen LogP contribution in [0.4, 0.5) is 0 Å². The molecule has 2 aromatic rings. The summed E-state index contributed by atoms with van der Waals surface area (Å²) in [6.07, 6.45) is 2.33. The van der Waals surface area contributed by atoms with Crippen LogP contribution >= 0.6 is 11.8 Å². The Morgan fingerprint density at radius 2 is 2.29 bits per heavy atom. The lowest BCUT2D eigenvalue weighted by atomic mass is 9.99. The monoisotopic (exact) mass is 349 g/mol. The van der Waals surface area contributed by atoms with Crippen molar-refractivity contribution in [2.75, 3.05) is 27.2 Å². The number of thioether (sulfide) groups is 1. The smallest absolute Gasteiger partial charge is 0.289 e. The van der Waals surface area contributed by atoms with Crippen LogP contribution in [0.3, 0.4) is 0 Å². The minimum Gasteiger partial charge on any atom is -0.455 e. The normalized spacial score (nSPS) is 17.9. The summed E-state index contributed by atoms with van der Waals surface area (Å²) in [4.78, 5) is 13.4. The molecule has 1 N–H and O–H groups in total. The highest BCUT2D eigenvalue weighted by Gasteiger charge is 2.22. The average molecular weight is 349 g/mol. The second kappa shape index (κ2) is 7.40. The van der Waals surface area contributed by atoms with E-state index in [-0.39, 0.29) is 5.91 Å². The van der Waals surface area contributed by atoms with Gasteiger partial charge in [0.25, 0.3) is 5.91 Å². The summed E-state index contributed by atoms with van der Waals surface area (Å²) in [5.41, 5.74) is 0. The first-order valence-corrected chi connectivity index (χ1v) is 9.08. The third-order valence-electron chi connectivity index (χ3n) is 4.15. The van der Waals surface area contributed by atoms with Gasteiger partial charge in [0.2, 0.25) is 0 Å². The van der Waals surface area contributed by atoms with Crippen molar-refractivity contribution < 1.29 is 9.21 Å². The summed E-state index contributed by atoms with van der Waals surface area (Å²) >= 11 is 1.57. The molecule has 7 nitrogen and oxygen atoms in total. The molecule has 1 amide bonds. The molecule has 0 radical (unpaired) electrons. The van der Waals surface area contributed by atoms with E-state index < -0.39 is 0 Å². The molecule has 2 aromatic heterocycles. The van der Waals surface area contributed by atoms with Gasteiger partial charge in [-0.3, -0.25) is 4.79 Å². The molecule has 130 valence electrons. The lowest BCUT2D eigenvalue weighted by Gasteiger charge is -2.21. The Hall–Kier alpha value is -1.80. The summed E-state index contributed by atoms with van der Waals surface area (Å²) in [7, 11) is 5.43. The SMILES string of the molecule is CN(C)C(=O)c1ccc(CSc2nnc([C@@H]3CCCNC3)n2C)o1. The second-order valence-corrected chi connectivity index (χ2v) is 7.14. The number of carbonyl (C=O) groups is 1. The molecule has 0 unspecified atom stereocenters. The van der Waals surface area contributed by atoms with Gasteiger partial charge in [-0.1, -0.05) is 11.8 Å². The molecular formula is C16H23N5O2S. The van der Waals surface area contributed by atoms with E-state index in [4.69, 9.17) is 4.42 Å². The van der Waals surface area contributed by atoms with Gasteiger partial charge in [0.05, 0.1) is 5.75 Å². The first-order valence-electron chi connectivity index (χ1n) is 8.09. The van der Waals surface area contributed by atoms with Crippen molar-refractivity contribution >= 4 is 17.7 Å². The Kier molecular flexibility index (Phi) is 5.25. The van der Waals surface area contributed by atoms with E-state index in [2.05, 4.69) is 20.1 Å². The van der Waals surface area contributed by atoms with Crippen LogP contribution in [0, 0.1) is 0 Å². The minimum absolute atomic E-state index is 0.128. The highest BCUT2D eigenvalue weighted by atomic mass is 32.2. The molecule has 0 aliphatic carbocycles. The molecule has 0 aromatic carbocycles. The van der Waals surface area contributed by atoms with E-state index >= 15 is 0 Å².